The monoisotopic (exact) mass is 492 g/mol. The molecule has 192 valence electrons. The molecule has 1 aromatic carbocycles. The molecule has 0 amide bonds. The van der Waals surface area contributed by atoms with E-state index in [2.05, 4.69) is 6.92 Å². The summed E-state index contributed by atoms with van der Waals surface area (Å²) < 4.78 is 5.17. The molecule has 0 unspecified atom stereocenters. The van der Waals surface area contributed by atoms with Crippen LogP contribution in [-0.4, -0.2) is 49.1 Å². The summed E-state index contributed by atoms with van der Waals surface area (Å²) in [5.74, 6) is -1.95. The Morgan fingerprint density at radius 2 is 1.06 bits per heavy atom. The number of carboxylic acid groups (broad SMARTS) is 1. The van der Waals surface area contributed by atoms with Crippen molar-refractivity contribution < 1.29 is 29.6 Å². The normalized spacial score (nSPS) is 9.56. The summed E-state index contributed by atoms with van der Waals surface area (Å²) in [7, 11) is 0. The Bertz CT molecular complexity index is 572. The van der Waals surface area contributed by atoms with Gasteiger partial charge in [-0.2, -0.15) is 0 Å². The molecule has 0 heterocycles. The molecule has 0 aliphatic heterocycles. The zero-order chi connectivity index (χ0) is 25.2. The van der Waals surface area contributed by atoms with E-state index in [9.17, 15) is 24.9 Å². The minimum absolute atomic E-state index is 0. The van der Waals surface area contributed by atoms with Crippen LogP contribution in [0.4, 0.5) is 0 Å². The van der Waals surface area contributed by atoms with E-state index in [1.807, 2.05) is 13.8 Å². The van der Waals surface area contributed by atoms with E-state index in [1.54, 1.807) is 12.1 Å². The van der Waals surface area contributed by atoms with E-state index in [1.165, 1.54) is 63.5 Å². The fourth-order valence-corrected chi connectivity index (χ4v) is 2.85. The van der Waals surface area contributed by atoms with Crippen molar-refractivity contribution in [3.05, 3.63) is 35.4 Å². The van der Waals surface area contributed by atoms with Crippen LogP contribution in [0.2, 0.25) is 0 Å². The Morgan fingerprint density at radius 1 is 0.676 bits per heavy atom. The molecular formula is C27H45AlO6. The van der Waals surface area contributed by atoms with Crippen LogP contribution < -0.4 is 15.3 Å². The van der Waals surface area contributed by atoms with Gasteiger partial charge in [-0.1, -0.05) is 116 Å². The van der Waals surface area contributed by atoms with Gasteiger partial charge in [-0.05, 0) is 12.5 Å². The van der Waals surface area contributed by atoms with Crippen LogP contribution in [0, 0.1) is 0 Å². The maximum atomic E-state index is 11.9. The summed E-state index contributed by atoms with van der Waals surface area (Å²) in [6.07, 6.45) is 15.1. The second kappa shape index (κ2) is 29.6. The molecule has 0 aliphatic carbocycles. The second-order valence-electron chi connectivity index (χ2n) is 7.91. The van der Waals surface area contributed by atoms with E-state index in [0.717, 1.165) is 32.1 Å². The predicted molar refractivity (Wildman–Crippen MR) is 134 cm³/mol. The SMILES string of the molecule is CCCCCCCCCCCCCOC(=O)c1ccccc1C(=O)[O-].CCC[O-].CCC[O-].[Al+3]. The minimum Gasteiger partial charge on any atom is -0.854 e. The molecule has 1 aromatic rings. The molecular weight excluding hydrogens is 447 g/mol. The molecule has 0 spiro atoms. The first-order valence-electron chi connectivity index (χ1n) is 12.6. The first-order valence-corrected chi connectivity index (χ1v) is 12.6. The summed E-state index contributed by atoms with van der Waals surface area (Å²) >= 11 is 0. The molecule has 0 saturated heterocycles. The number of rotatable bonds is 16. The van der Waals surface area contributed by atoms with Gasteiger partial charge >= 0.3 is 23.3 Å². The minimum atomic E-state index is -1.36. The van der Waals surface area contributed by atoms with Gasteiger partial charge in [0.15, 0.2) is 0 Å². The number of benzene rings is 1. The van der Waals surface area contributed by atoms with Crippen molar-refractivity contribution in [1.82, 2.24) is 0 Å². The van der Waals surface area contributed by atoms with Gasteiger partial charge < -0.3 is 24.9 Å². The van der Waals surface area contributed by atoms with Gasteiger partial charge in [-0.3, -0.25) is 0 Å². The van der Waals surface area contributed by atoms with Crippen LogP contribution in [0.5, 0.6) is 0 Å². The number of carbonyl (C=O) groups excluding carboxylic acids is 2. The topological polar surface area (TPSA) is 113 Å². The predicted octanol–water partition coefficient (Wildman–Crippen LogP) is 3.65. The summed E-state index contributed by atoms with van der Waals surface area (Å²) in [5, 5.41) is 29.6. The summed E-state index contributed by atoms with van der Waals surface area (Å²) in [6, 6.07) is 5.99. The fourth-order valence-electron chi connectivity index (χ4n) is 2.85. The maximum absolute atomic E-state index is 11.9. The first-order chi connectivity index (χ1) is 16.0. The van der Waals surface area contributed by atoms with E-state index >= 15 is 0 Å². The average molecular weight is 493 g/mol. The average Bonchev–Trinajstić information content (AvgIpc) is 2.84. The van der Waals surface area contributed by atoms with Gasteiger partial charge in [-0.15, -0.1) is 13.2 Å². The quantitative estimate of drug-likeness (QED) is 0.198. The number of carboxylic acids is 1. The van der Waals surface area contributed by atoms with Crippen LogP contribution in [-0.2, 0) is 4.74 Å². The number of aromatic carboxylic acids is 1. The van der Waals surface area contributed by atoms with Gasteiger partial charge in [0, 0.05) is 5.56 Å². The Balaban J connectivity index is -0.000000923. The molecule has 0 saturated carbocycles. The Hall–Kier alpha value is -1.39. The Labute approximate surface area is 218 Å². The first kappa shape index (κ1) is 37.2. The number of unbranched alkanes of at least 4 members (excludes halogenated alkanes) is 10. The molecule has 0 aliphatic rings. The van der Waals surface area contributed by atoms with E-state index in [-0.39, 0.29) is 41.7 Å². The van der Waals surface area contributed by atoms with Crippen molar-refractivity contribution in [2.24, 2.45) is 0 Å². The summed E-state index contributed by atoms with van der Waals surface area (Å²) in [4.78, 5) is 22.9. The van der Waals surface area contributed by atoms with E-state index in [0.29, 0.717) is 6.61 Å². The molecule has 0 atom stereocenters. The van der Waals surface area contributed by atoms with Gasteiger partial charge in [0.2, 0.25) is 0 Å². The number of esters is 1. The number of ether oxygens (including phenoxy) is 1. The zero-order valence-corrected chi connectivity index (χ0v) is 22.8. The van der Waals surface area contributed by atoms with Gasteiger partial charge in [-0.25, -0.2) is 4.79 Å². The number of hydrogen-bond donors (Lipinski definition) is 0. The van der Waals surface area contributed by atoms with Crippen molar-refractivity contribution >= 4 is 29.3 Å². The fraction of sp³-hybridized carbons (Fsp3) is 0.704. The van der Waals surface area contributed by atoms with Crippen LogP contribution in [0.1, 0.15) is 125 Å². The third-order valence-electron chi connectivity index (χ3n) is 4.76. The molecule has 0 N–H and O–H groups in total. The third-order valence-corrected chi connectivity index (χ3v) is 4.76. The van der Waals surface area contributed by atoms with Crippen LogP contribution in [0.25, 0.3) is 0 Å². The maximum Gasteiger partial charge on any atom is 3.00 e. The van der Waals surface area contributed by atoms with Crippen molar-refractivity contribution in [2.75, 3.05) is 19.8 Å². The third kappa shape index (κ3) is 23.8. The Kier molecular flexibility index (Phi) is 32.4. The van der Waals surface area contributed by atoms with Gasteiger partial charge in [0.1, 0.15) is 0 Å². The molecule has 1 rings (SSSR count). The van der Waals surface area contributed by atoms with E-state index < -0.39 is 11.9 Å². The van der Waals surface area contributed by atoms with Crippen molar-refractivity contribution in [3.8, 4) is 0 Å². The molecule has 34 heavy (non-hydrogen) atoms. The molecule has 0 radical (unpaired) electrons. The molecule has 6 nitrogen and oxygen atoms in total. The standard InChI is InChI=1S/C21H32O4.2C3H7O.Al/c1-2-3-4-5-6-7-8-9-10-11-14-17-25-21(24)19-16-13-12-15-18(19)20(22)23;2*1-2-3-4;/h12-13,15-16H,2-11,14,17H2,1H3,(H,22,23);2*2-3H2,1H3;/q;2*-1;+3/p-1. The molecule has 7 heteroatoms. The van der Waals surface area contributed by atoms with Gasteiger partial charge in [0.25, 0.3) is 0 Å². The van der Waals surface area contributed by atoms with Crippen molar-refractivity contribution in [2.45, 2.75) is 104 Å². The van der Waals surface area contributed by atoms with Crippen LogP contribution in [0.3, 0.4) is 0 Å². The van der Waals surface area contributed by atoms with Crippen molar-refractivity contribution in [3.63, 3.8) is 0 Å². The zero-order valence-electron chi connectivity index (χ0n) is 21.6. The van der Waals surface area contributed by atoms with Crippen LogP contribution in [0.15, 0.2) is 24.3 Å². The van der Waals surface area contributed by atoms with Crippen LogP contribution >= 0.6 is 0 Å². The van der Waals surface area contributed by atoms with E-state index in [4.69, 9.17) is 4.74 Å². The number of carbonyl (C=O) groups is 2. The molecule has 0 aromatic heterocycles. The van der Waals surface area contributed by atoms with Crippen molar-refractivity contribution in [1.29, 1.82) is 0 Å². The molecule has 0 bridgehead atoms. The Morgan fingerprint density at radius 3 is 1.44 bits per heavy atom. The smallest absolute Gasteiger partial charge is 0.854 e. The van der Waals surface area contributed by atoms with Gasteiger partial charge in [0.05, 0.1) is 18.1 Å². The molecule has 0 fully saturated rings. The largest absolute Gasteiger partial charge is 3.00 e. The second-order valence-corrected chi connectivity index (χ2v) is 7.91. The summed E-state index contributed by atoms with van der Waals surface area (Å²) in [5.41, 5.74) is -0.0583. The summed E-state index contributed by atoms with van der Waals surface area (Å²) in [6.45, 7) is 6.44. The number of hydrogen-bond acceptors (Lipinski definition) is 6.